The fourth-order valence-electron chi connectivity index (χ4n) is 2.96. The lowest BCUT2D eigenvalue weighted by Crippen LogP contribution is -2.39. The maximum atomic E-state index is 13.2. The fraction of sp³-hybridized carbons (Fsp3) is 0.333. The Labute approximate surface area is 145 Å². The predicted molar refractivity (Wildman–Crippen MR) is 90.4 cm³/mol. The predicted octanol–water partition coefficient (Wildman–Crippen LogP) is 2.13. The zero-order valence-corrected chi connectivity index (χ0v) is 13.7. The number of hydrogen-bond acceptors (Lipinski definition) is 5. The number of aromatic nitrogens is 2. The zero-order chi connectivity index (χ0) is 17.6. The van der Waals surface area contributed by atoms with E-state index >= 15 is 0 Å². The van der Waals surface area contributed by atoms with E-state index < -0.39 is 5.82 Å². The van der Waals surface area contributed by atoms with Crippen LogP contribution in [-0.4, -0.2) is 35.5 Å². The molecule has 0 bridgehead atoms. The van der Waals surface area contributed by atoms with Crippen molar-refractivity contribution in [2.75, 3.05) is 24.5 Å². The molecular weight excluding hydrogens is 321 g/mol. The first-order valence-electron chi connectivity index (χ1n) is 8.17. The molecule has 2 aromatic rings. The van der Waals surface area contributed by atoms with Gasteiger partial charge < -0.3 is 10.2 Å². The minimum absolute atomic E-state index is 0.261. The maximum absolute atomic E-state index is 13.2. The molecule has 1 amide bonds. The third-order valence-electron chi connectivity index (χ3n) is 4.34. The lowest BCUT2D eigenvalue weighted by atomic mass is 9.96. The summed E-state index contributed by atoms with van der Waals surface area (Å²) in [4.78, 5) is 22.4. The number of carbonyl (C=O) groups is 1. The summed E-state index contributed by atoms with van der Waals surface area (Å²) in [5, 5.41) is 12.0. The molecule has 7 heteroatoms. The highest BCUT2D eigenvalue weighted by molar-refractivity contribution is 5.94. The number of nitrogens with one attached hydrogen (secondary N) is 1. The topological polar surface area (TPSA) is 81.9 Å². The maximum Gasteiger partial charge on any atom is 0.251 e. The number of carbonyl (C=O) groups excluding carboxylic acids is 1. The van der Waals surface area contributed by atoms with Crippen molar-refractivity contribution in [1.82, 2.24) is 15.3 Å². The number of rotatable bonds is 4. The monoisotopic (exact) mass is 339 g/mol. The van der Waals surface area contributed by atoms with E-state index in [1.807, 2.05) is 0 Å². The van der Waals surface area contributed by atoms with Crippen molar-refractivity contribution in [3.8, 4) is 6.07 Å². The Morgan fingerprint density at radius 2 is 2.08 bits per heavy atom. The molecule has 0 atom stereocenters. The molecule has 3 rings (SSSR count). The van der Waals surface area contributed by atoms with Crippen molar-refractivity contribution in [2.45, 2.75) is 12.8 Å². The van der Waals surface area contributed by atoms with Crippen LogP contribution in [0.15, 0.2) is 36.7 Å². The van der Waals surface area contributed by atoms with Crippen LogP contribution >= 0.6 is 0 Å². The normalized spacial score (nSPS) is 14.8. The van der Waals surface area contributed by atoms with E-state index in [0.29, 0.717) is 29.5 Å². The standard InChI is InChI=1S/C18H18FN5O/c19-15-3-1-2-14(10-15)18(25)23-12-13-4-8-24(9-5-13)17-16(11-20)21-6-7-22-17/h1-3,6-7,10,13H,4-5,8-9,12H2,(H,23,25). The van der Waals surface area contributed by atoms with E-state index in [4.69, 9.17) is 5.26 Å². The Hall–Kier alpha value is -3.01. The van der Waals surface area contributed by atoms with Gasteiger partial charge in [0, 0.05) is 37.6 Å². The minimum atomic E-state index is -0.418. The van der Waals surface area contributed by atoms with Crippen molar-refractivity contribution >= 4 is 11.7 Å². The highest BCUT2D eigenvalue weighted by atomic mass is 19.1. The third-order valence-corrected chi connectivity index (χ3v) is 4.34. The lowest BCUT2D eigenvalue weighted by molar-refractivity contribution is 0.0944. The van der Waals surface area contributed by atoms with Crippen LogP contribution in [0.2, 0.25) is 0 Å². The summed E-state index contributed by atoms with van der Waals surface area (Å²) in [6, 6.07) is 7.73. The summed E-state index contributed by atoms with van der Waals surface area (Å²) in [6.45, 7) is 2.07. The average molecular weight is 339 g/mol. The van der Waals surface area contributed by atoms with E-state index in [1.54, 1.807) is 12.3 Å². The van der Waals surface area contributed by atoms with Crippen LogP contribution < -0.4 is 10.2 Å². The van der Waals surface area contributed by atoms with Gasteiger partial charge in [-0.05, 0) is 37.0 Å². The minimum Gasteiger partial charge on any atom is -0.354 e. The first kappa shape index (κ1) is 16.8. The molecule has 6 nitrogen and oxygen atoms in total. The van der Waals surface area contributed by atoms with Gasteiger partial charge in [0.1, 0.15) is 11.9 Å². The van der Waals surface area contributed by atoms with E-state index in [1.165, 1.54) is 24.4 Å². The van der Waals surface area contributed by atoms with Gasteiger partial charge in [-0.2, -0.15) is 5.26 Å². The van der Waals surface area contributed by atoms with Gasteiger partial charge in [-0.3, -0.25) is 4.79 Å². The molecule has 1 aliphatic heterocycles. The van der Waals surface area contributed by atoms with Crippen LogP contribution in [-0.2, 0) is 0 Å². The van der Waals surface area contributed by atoms with Crippen molar-refractivity contribution < 1.29 is 9.18 Å². The number of anilines is 1. The Balaban J connectivity index is 1.51. The molecule has 0 unspecified atom stereocenters. The highest BCUT2D eigenvalue weighted by Crippen LogP contribution is 2.22. The van der Waals surface area contributed by atoms with Gasteiger partial charge >= 0.3 is 0 Å². The molecule has 1 fully saturated rings. The summed E-state index contributed by atoms with van der Waals surface area (Å²) < 4.78 is 13.2. The average Bonchev–Trinajstić information content (AvgIpc) is 2.66. The molecule has 2 heterocycles. The van der Waals surface area contributed by atoms with Gasteiger partial charge in [0.2, 0.25) is 0 Å². The first-order valence-corrected chi connectivity index (χ1v) is 8.17. The first-order chi connectivity index (χ1) is 12.2. The van der Waals surface area contributed by atoms with E-state index in [2.05, 4.69) is 26.3 Å². The third kappa shape index (κ3) is 4.10. The fourth-order valence-corrected chi connectivity index (χ4v) is 2.96. The summed E-state index contributed by atoms with van der Waals surface area (Å²) in [6.07, 6.45) is 4.86. The number of nitrogens with zero attached hydrogens (tertiary/aromatic N) is 4. The molecule has 1 saturated heterocycles. The van der Waals surface area contributed by atoms with Gasteiger partial charge in [0.15, 0.2) is 11.5 Å². The molecule has 1 aromatic carbocycles. The van der Waals surface area contributed by atoms with Crippen LogP contribution in [0.25, 0.3) is 0 Å². The van der Waals surface area contributed by atoms with Crippen molar-refractivity contribution in [1.29, 1.82) is 5.26 Å². The highest BCUT2D eigenvalue weighted by Gasteiger charge is 2.23. The largest absolute Gasteiger partial charge is 0.354 e. The van der Waals surface area contributed by atoms with Gasteiger partial charge in [0.05, 0.1) is 0 Å². The quantitative estimate of drug-likeness (QED) is 0.923. The summed E-state index contributed by atoms with van der Waals surface area (Å²) in [5.74, 6) is 0.282. The molecule has 1 N–H and O–H groups in total. The number of nitriles is 1. The van der Waals surface area contributed by atoms with Gasteiger partial charge in [0.25, 0.3) is 5.91 Å². The second-order valence-corrected chi connectivity index (χ2v) is 5.99. The van der Waals surface area contributed by atoms with Gasteiger partial charge in [-0.1, -0.05) is 6.07 Å². The molecule has 0 radical (unpaired) electrons. The molecule has 25 heavy (non-hydrogen) atoms. The van der Waals surface area contributed by atoms with Crippen molar-refractivity contribution in [3.05, 3.63) is 53.7 Å². The van der Waals surface area contributed by atoms with Gasteiger partial charge in [-0.25, -0.2) is 14.4 Å². The Morgan fingerprint density at radius 3 is 2.80 bits per heavy atom. The molecule has 1 aliphatic rings. The Bertz CT molecular complexity index is 796. The molecule has 0 aliphatic carbocycles. The number of hydrogen-bond donors (Lipinski definition) is 1. The van der Waals surface area contributed by atoms with Crippen LogP contribution in [0, 0.1) is 23.1 Å². The summed E-state index contributed by atoms with van der Waals surface area (Å²) in [7, 11) is 0. The molecule has 128 valence electrons. The number of piperidine rings is 1. The Kier molecular flexibility index (Phi) is 5.19. The molecule has 0 saturated carbocycles. The number of amides is 1. The lowest BCUT2D eigenvalue weighted by Gasteiger charge is -2.32. The SMILES string of the molecule is N#Cc1nccnc1N1CCC(CNC(=O)c2cccc(F)c2)CC1. The zero-order valence-electron chi connectivity index (χ0n) is 13.7. The number of benzene rings is 1. The van der Waals surface area contributed by atoms with Gasteiger partial charge in [-0.15, -0.1) is 0 Å². The number of halogens is 1. The molecule has 0 spiro atoms. The van der Waals surface area contributed by atoms with E-state index in [9.17, 15) is 9.18 Å². The van der Waals surface area contributed by atoms with Crippen LogP contribution in [0.4, 0.5) is 10.2 Å². The smallest absolute Gasteiger partial charge is 0.251 e. The van der Waals surface area contributed by atoms with Crippen LogP contribution in [0.3, 0.4) is 0 Å². The Morgan fingerprint density at radius 1 is 1.32 bits per heavy atom. The van der Waals surface area contributed by atoms with Crippen molar-refractivity contribution in [2.24, 2.45) is 5.92 Å². The summed E-state index contributed by atoms with van der Waals surface area (Å²) >= 11 is 0. The molecular formula is C18H18FN5O. The van der Waals surface area contributed by atoms with E-state index in [-0.39, 0.29) is 5.91 Å². The van der Waals surface area contributed by atoms with E-state index in [0.717, 1.165) is 25.9 Å². The molecule has 1 aromatic heterocycles. The van der Waals surface area contributed by atoms with Crippen LogP contribution in [0.5, 0.6) is 0 Å². The summed E-state index contributed by atoms with van der Waals surface area (Å²) in [5.41, 5.74) is 0.663. The second-order valence-electron chi connectivity index (χ2n) is 5.99. The van der Waals surface area contributed by atoms with Crippen molar-refractivity contribution in [3.63, 3.8) is 0 Å². The second kappa shape index (κ2) is 7.71. The van der Waals surface area contributed by atoms with Crippen LogP contribution in [0.1, 0.15) is 28.9 Å².